The van der Waals surface area contributed by atoms with Crippen molar-refractivity contribution >= 4 is 11.8 Å². The molecule has 10 rings (SSSR count). The van der Waals surface area contributed by atoms with Crippen molar-refractivity contribution in [3.63, 3.8) is 0 Å². The van der Waals surface area contributed by atoms with Gasteiger partial charge in [-0.05, 0) is 0 Å². The molecule has 10 saturated heterocycles. The summed E-state index contributed by atoms with van der Waals surface area (Å²) >= 11 is 0. The van der Waals surface area contributed by atoms with Crippen LogP contribution < -0.4 is 10.6 Å². The summed E-state index contributed by atoms with van der Waals surface area (Å²) in [7, 11) is 0. The Labute approximate surface area is 723 Å². The zero-order valence-corrected chi connectivity index (χ0v) is 67.8. The number of hydrogen-bond donors (Lipinski definition) is 36. The maximum atomic E-state index is 13.1. The van der Waals surface area contributed by atoms with Gasteiger partial charge in [0.05, 0.1) is 85.3 Å². The summed E-state index contributed by atoms with van der Waals surface area (Å²) in [6.07, 6.45) is -116. The van der Waals surface area contributed by atoms with Gasteiger partial charge in [-0.1, -0.05) is 0 Å². The second-order valence-electron chi connectivity index (χ2n) is 32.1. The summed E-state index contributed by atoms with van der Waals surface area (Å²) in [5.41, 5.74) is 0. The van der Waals surface area contributed by atoms with Gasteiger partial charge in [-0.25, -0.2) is 0 Å². The first-order chi connectivity index (χ1) is 60.6. The third kappa shape index (κ3) is 23.4. The summed E-state index contributed by atoms with van der Waals surface area (Å²) in [4.78, 5) is 25.2. The second-order valence-corrected chi connectivity index (χ2v) is 32.1. The number of aliphatic hydroxyl groups is 34. The van der Waals surface area contributed by atoms with Crippen molar-refractivity contribution in [2.45, 2.75) is 345 Å². The molecular weight excluding hydrogens is 1760 g/mol. The lowest BCUT2D eigenvalue weighted by molar-refractivity contribution is -0.411. The van der Waals surface area contributed by atoms with E-state index in [0.29, 0.717) is 0 Å². The van der Waals surface area contributed by atoms with Crippen LogP contribution in [0.2, 0.25) is 0 Å². The molecule has 0 radical (unpaired) electrons. The molecule has 10 aliphatic heterocycles. The summed E-state index contributed by atoms with van der Waals surface area (Å²) < 4.78 is 117. The van der Waals surface area contributed by atoms with Crippen molar-refractivity contribution in [3.8, 4) is 0 Å². The highest BCUT2D eigenvalue weighted by Gasteiger charge is 2.62. The molecule has 0 aromatic carbocycles. The summed E-state index contributed by atoms with van der Waals surface area (Å²) in [5.74, 6) is -1.88. The quantitative estimate of drug-likeness (QED) is 0.0275. The minimum Gasteiger partial charge on any atom is -0.394 e. The number of hydrogen-bond acceptors (Lipinski definition) is 56. The van der Waals surface area contributed by atoms with Crippen LogP contribution in [-0.4, -0.2) is 596 Å². The molecule has 0 spiro atoms. The topological polar surface area (TPSA) is 931 Å². The molecular formula is C70H120N2O56. The summed E-state index contributed by atoms with van der Waals surface area (Å²) in [5, 5.41) is 382. The maximum absolute atomic E-state index is 13.1. The van der Waals surface area contributed by atoms with Gasteiger partial charge in [0.15, 0.2) is 62.9 Å². The van der Waals surface area contributed by atoms with Gasteiger partial charge < -0.3 is 279 Å². The molecule has 54 atom stereocenters. The van der Waals surface area contributed by atoms with Crippen molar-refractivity contribution < 1.29 is 278 Å². The lowest BCUT2D eigenvalue weighted by Gasteiger charge is -2.51. The minimum atomic E-state index is -2.72. The number of carbonyl (C=O) groups is 2. The van der Waals surface area contributed by atoms with Crippen LogP contribution in [0.25, 0.3) is 0 Å². The van der Waals surface area contributed by atoms with Crippen molar-refractivity contribution in [3.05, 3.63) is 0 Å². The standard InChI is InChI=1S/C70H120N2O56/c1-15(83)71-17(3-73)30(86)53(18(85)4-74)121-61-29(72-16(2)84)40(96)54(26(12-82)118-61)122-67-52(108)57(125-69-60(46(102)36(92)23(9-79)116-69)128-70-59(45(101)35(91)24(10-80)117-70)127-66-51(107)55(37(93)25(11-81)114-66)123-63-47(103)41(97)31(87)19(5-75)111-63)39(95)28(120-67)13-109-62-50(106)56(124-64-48(104)42(98)32(88)20(6-76)112-64)38(94)27(119-62)14-110-68-58(44(100)34(90)22(8-78)115-68)126-65-49(105)43(99)33(89)21(7-77)113-65/h17-70,73-82,85-108H,3-14H2,1-2H3,(H,71,83)(H,72,84)/t17-,18+,19+,20+,21+,22+,23+,24+,25+,26+,27+,28+,29+,30+,31+,32+,33+,34+,35+,36+,37+,38+,39+,40+,41-,42-,43-,44-,45-,46-,47-,48-,49-,50-,51-,52-,53+,54+,55-,56-,57-,58-,59-,60-,61-,62-,63+,64+,65+,66+,67-,68-,69+,70+/m0/s1. The van der Waals surface area contributed by atoms with Crippen molar-refractivity contribution in [1.29, 1.82) is 0 Å². The molecule has 0 aliphatic carbocycles. The van der Waals surface area contributed by atoms with Crippen molar-refractivity contribution in [2.75, 3.05) is 79.3 Å². The van der Waals surface area contributed by atoms with E-state index in [1.165, 1.54) is 0 Å². The van der Waals surface area contributed by atoms with E-state index in [1.807, 2.05) is 0 Å². The van der Waals surface area contributed by atoms with E-state index in [9.17, 15) is 183 Å². The van der Waals surface area contributed by atoms with E-state index in [1.54, 1.807) is 0 Å². The van der Waals surface area contributed by atoms with Crippen LogP contribution in [0, 0.1) is 0 Å². The number of rotatable bonds is 37. The Kier molecular flexibility index (Phi) is 39.4. The molecule has 0 aromatic heterocycles. The molecule has 58 nitrogen and oxygen atoms in total. The van der Waals surface area contributed by atoms with Gasteiger partial charge in [-0.15, -0.1) is 0 Å². The minimum absolute atomic E-state index is 0.847. The fourth-order valence-corrected chi connectivity index (χ4v) is 16.1. The van der Waals surface area contributed by atoms with Gasteiger partial charge >= 0.3 is 0 Å². The molecule has 58 heteroatoms. The Hall–Kier alpha value is -3.22. The fourth-order valence-electron chi connectivity index (χ4n) is 16.1. The SMILES string of the molecule is CC(=O)N[C@H]1[C@H](O[C@@H]([C@H](O)[C@H](CO)NC(C)=O)[C@H](O)CO)O[C@H](CO)[C@@H](O[C@@H]2O[C@H](CO[C@H]3O[C@H](CO[C@H]4O[C@H](CO)[C@@H](O)[C@H](O)[C@@H]4O[C@H]4O[C@H](CO)[C@@H](O)[C@H](O)[C@@H]4O)[C@@H](O)[C@H](O[C@H]4O[C@H](CO)[C@@H](O)[C@H](O)[C@@H]4O)[C@@H]3O)[C@@H](O)[C@H](O[C@H]3O[C@H](CO)[C@@H](O)[C@H](O)[C@@H]3O[C@H]3O[C@H](CO)[C@@H](O)[C@H](O)[C@@H]3O[C@H]3O[C@H](CO)[C@@H](O)[C@H](O[C@H]4O[C@H](CO)[C@@H](O)[C@H](O)[C@@H]4O)[C@@H]3O)[C@@H]2O)[C@@H]1O. The Morgan fingerprint density at radius 3 is 0.898 bits per heavy atom. The molecule has 36 N–H and O–H groups in total. The highest BCUT2D eigenvalue weighted by atomic mass is 16.8. The molecule has 746 valence electrons. The zero-order valence-electron chi connectivity index (χ0n) is 67.8. The predicted octanol–water partition coefficient (Wildman–Crippen LogP) is -25.1. The molecule has 0 bridgehead atoms. The summed E-state index contributed by atoms with van der Waals surface area (Å²) in [6, 6.07) is -3.76. The van der Waals surface area contributed by atoms with E-state index < -0.39 is 422 Å². The van der Waals surface area contributed by atoms with E-state index in [2.05, 4.69) is 10.6 Å². The normalized spacial score (nSPS) is 49.1. The highest BCUT2D eigenvalue weighted by Crippen LogP contribution is 2.41. The molecule has 0 saturated carbocycles. The van der Waals surface area contributed by atoms with Crippen LogP contribution in [0.5, 0.6) is 0 Å². The van der Waals surface area contributed by atoms with Crippen LogP contribution in [0.4, 0.5) is 0 Å². The number of carbonyl (C=O) groups excluding carboxylic acids is 2. The van der Waals surface area contributed by atoms with Crippen molar-refractivity contribution in [2.24, 2.45) is 0 Å². The summed E-state index contributed by atoms with van der Waals surface area (Å²) in [6.45, 7) is -12.2. The monoisotopic (exact) mass is 1880 g/mol. The van der Waals surface area contributed by atoms with Crippen LogP contribution in [0.3, 0.4) is 0 Å². The maximum Gasteiger partial charge on any atom is 0.217 e. The highest BCUT2D eigenvalue weighted by molar-refractivity contribution is 5.73. The molecule has 10 heterocycles. The van der Waals surface area contributed by atoms with E-state index >= 15 is 0 Å². The first-order valence-corrected chi connectivity index (χ1v) is 40.6. The van der Waals surface area contributed by atoms with E-state index in [0.717, 1.165) is 13.8 Å². The van der Waals surface area contributed by atoms with Crippen LogP contribution in [0.15, 0.2) is 0 Å². The van der Waals surface area contributed by atoms with Crippen LogP contribution in [-0.2, 0) is 104 Å². The fraction of sp³-hybridized carbons (Fsp3) is 0.971. The Balaban J connectivity index is 1.01. The Bertz CT molecular complexity index is 3330. The largest absolute Gasteiger partial charge is 0.394 e. The van der Waals surface area contributed by atoms with Gasteiger partial charge in [-0.2, -0.15) is 0 Å². The second kappa shape index (κ2) is 47.2. The van der Waals surface area contributed by atoms with E-state index in [4.69, 9.17) is 94.7 Å². The zero-order chi connectivity index (χ0) is 94.4. The lowest BCUT2D eigenvalue weighted by Crippen LogP contribution is -2.70. The van der Waals surface area contributed by atoms with E-state index in [-0.39, 0.29) is 0 Å². The van der Waals surface area contributed by atoms with Crippen LogP contribution in [0.1, 0.15) is 13.8 Å². The first kappa shape index (κ1) is 107. The number of amides is 2. The van der Waals surface area contributed by atoms with Gasteiger partial charge in [0.1, 0.15) is 262 Å². The molecule has 10 fully saturated rings. The van der Waals surface area contributed by atoms with Gasteiger partial charge in [0, 0.05) is 13.8 Å². The third-order valence-electron chi connectivity index (χ3n) is 23.4. The van der Waals surface area contributed by atoms with Gasteiger partial charge in [-0.3, -0.25) is 9.59 Å². The Morgan fingerprint density at radius 2 is 0.539 bits per heavy atom. The Morgan fingerprint density at radius 1 is 0.266 bits per heavy atom. The molecule has 0 unspecified atom stereocenters. The average Bonchev–Trinajstić information content (AvgIpc) is 0.763. The number of aliphatic hydroxyl groups excluding tert-OH is 34. The predicted molar refractivity (Wildman–Crippen MR) is 388 cm³/mol. The van der Waals surface area contributed by atoms with Gasteiger partial charge in [0.25, 0.3) is 0 Å². The number of nitrogens with one attached hydrogen (secondary N) is 2. The molecule has 2 amide bonds. The smallest absolute Gasteiger partial charge is 0.217 e. The first-order valence-electron chi connectivity index (χ1n) is 40.6. The third-order valence-corrected chi connectivity index (χ3v) is 23.4. The molecule has 0 aromatic rings. The number of ether oxygens (including phenoxy) is 20. The van der Waals surface area contributed by atoms with Gasteiger partial charge in [0.2, 0.25) is 11.8 Å². The lowest BCUT2D eigenvalue weighted by atomic mass is 9.94. The van der Waals surface area contributed by atoms with Crippen molar-refractivity contribution in [1.82, 2.24) is 10.6 Å². The molecule has 10 aliphatic rings. The average molecular weight is 1890 g/mol. The van der Waals surface area contributed by atoms with Crippen LogP contribution >= 0.6 is 0 Å². The molecule has 128 heavy (non-hydrogen) atoms.